The van der Waals surface area contributed by atoms with Gasteiger partial charge in [0, 0.05) is 10.3 Å². The fourth-order valence-electron chi connectivity index (χ4n) is 1.81. The summed E-state index contributed by atoms with van der Waals surface area (Å²) >= 11 is 1.71. The number of nitrogen functional groups attached to an aromatic ring is 1. The Morgan fingerprint density at radius 2 is 2.00 bits per heavy atom. The van der Waals surface area contributed by atoms with E-state index in [1.807, 2.05) is 30.3 Å². The van der Waals surface area contributed by atoms with Gasteiger partial charge in [0.05, 0.1) is 12.1 Å². The summed E-state index contributed by atoms with van der Waals surface area (Å²) in [4.78, 5) is 9.73. The zero-order chi connectivity index (χ0) is 12.4. The van der Waals surface area contributed by atoms with Gasteiger partial charge in [0.15, 0.2) is 0 Å². The number of anilines is 2. The van der Waals surface area contributed by atoms with Crippen molar-refractivity contribution in [1.82, 2.24) is 9.97 Å². The standard InChI is InChI=1S/C13H12N4S/c14-13-16-11-6-2-1-5-10(11)12(17-13)15-8-9-4-3-7-18-9/h1-7H,8H2,(H3,14,15,16,17). The lowest BCUT2D eigenvalue weighted by atomic mass is 10.2. The van der Waals surface area contributed by atoms with Gasteiger partial charge in [0.2, 0.25) is 5.95 Å². The molecule has 0 aliphatic heterocycles. The van der Waals surface area contributed by atoms with E-state index in [4.69, 9.17) is 5.73 Å². The van der Waals surface area contributed by atoms with E-state index in [2.05, 4.69) is 26.7 Å². The molecule has 0 spiro atoms. The van der Waals surface area contributed by atoms with Gasteiger partial charge in [0.1, 0.15) is 5.82 Å². The average Bonchev–Trinajstić information content (AvgIpc) is 2.89. The van der Waals surface area contributed by atoms with Crippen molar-refractivity contribution in [3.63, 3.8) is 0 Å². The number of benzene rings is 1. The maximum Gasteiger partial charge on any atom is 0.222 e. The van der Waals surface area contributed by atoms with Gasteiger partial charge in [-0.15, -0.1) is 11.3 Å². The summed E-state index contributed by atoms with van der Waals surface area (Å²) in [6.45, 7) is 0.748. The van der Waals surface area contributed by atoms with Crippen molar-refractivity contribution in [3.8, 4) is 0 Å². The number of nitrogens with zero attached hydrogens (tertiary/aromatic N) is 2. The molecule has 0 saturated carbocycles. The van der Waals surface area contributed by atoms with Crippen molar-refractivity contribution in [1.29, 1.82) is 0 Å². The number of nitrogens with two attached hydrogens (primary N) is 1. The van der Waals surface area contributed by atoms with Crippen molar-refractivity contribution < 1.29 is 0 Å². The number of hydrogen-bond donors (Lipinski definition) is 2. The van der Waals surface area contributed by atoms with Crippen LogP contribution >= 0.6 is 11.3 Å². The summed E-state index contributed by atoms with van der Waals surface area (Å²) in [6.07, 6.45) is 0. The van der Waals surface area contributed by atoms with Crippen LogP contribution in [0.3, 0.4) is 0 Å². The van der Waals surface area contributed by atoms with Gasteiger partial charge in [-0.25, -0.2) is 4.98 Å². The first kappa shape index (κ1) is 11.0. The average molecular weight is 256 g/mol. The predicted molar refractivity (Wildman–Crippen MR) is 75.6 cm³/mol. The lowest BCUT2D eigenvalue weighted by Crippen LogP contribution is -2.04. The van der Waals surface area contributed by atoms with Gasteiger partial charge >= 0.3 is 0 Å². The minimum absolute atomic E-state index is 0.294. The van der Waals surface area contributed by atoms with E-state index >= 15 is 0 Å². The Balaban J connectivity index is 1.95. The van der Waals surface area contributed by atoms with Gasteiger partial charge in [-0.3, -0.25) is 0 Å². The van der Waals surface area contributed by atoms with Gasteiger partial charge in [-0.1, -0.05) is 18.2 Å². The quantitative estimate of drug-likeness (QED) is 0.756. The second kappa shape index (κ2) is 4.62. The maximum absolute atomic E-state index is 5.71. The molecule has 1 aromatic carbocycles. The molecular weight excluding hydrogens is 244 g/mol. The maximum atomic E-state index is 5.71. The fourth-order valence-corrected chi connectivity index (χ4v) is 2.46. The Bertz CT molecular complexity index is 664. The number of rotatable bonds is 3. The molecule has 5 heteroatoms. The predicted octanol–water partition coefficient (Wildman–Crippen LogP) is 2.89. The van der Waals surface area contributed by atoms with Crippen LogP contribution in [0.25, 0.3) is 10.9 Å². The molecule has 0 bridgehead atoms. The topological polar surface area (TPSA) is 63.8 Å². The largest absolute Gasteiger partial charge is 0.368 e. The molecule has 18 heavy (non-hydrogen) atoms. The molecule has 0 aliphatic rings. The first-order chi connectivity index (χ1) is 8.83. The molecule has 2 aromatic heterocycles. The third kappa shape index (κ3) is 2.12. The van der Waals surface area contributed by atoms with Crippen LogP contribution in [-0.4, -0.2) is 9.97 Å². The lowest BCUT2D eigenvalue weighted by Gasteiger charge is -2.08. The van der Waals surface area contributed by atoms with E-state index < -0.39 is 0 Å². The monoisotopic (exact) mass is 256 g/mol. The van der Waals surface area contributed by atoms with Crippen LogP contribution in [0.1, 0.15) is 4.88 Å². The Labute approximate surface area is 109 Å². The highest BCUT2D eigenvalue weighted by Gasteiger charge is 2.05. The van der Waals surface area contributed by atoms with Crippen LogP contribution in [-0.2, 0) is 6.54 Å². The summed E-state index contributed by atoms with van der Waals surface area (Å²) in [6, 6.07) is 12.0. The molecule has 0 atom stereocenters. The van der Waals surface area contributed by atoms with Gasteiger partial charge in [-0.05, 0) is 23.6 Å². The molecule has 90 valence electrons. The second-order valence-electron chi connectivity index (χ2n) is 3.88. The van der Waals surface area contributed by atoms with E-state index in [0.717, 1.165) is 23.3 Å². The van der Waals surface area contributed by atoms with E-state index in [1.54, 1.807) is 11.3 Å². The first-order valence-electron chi connectivity index (χ1n) is 5.61. The molecule has 0 fully saturated rings. The number of thiophene rings is 1. The highest BCUT2D eigenvalue weighted by atomic mass is 32.1. The minimum atomic E-state index is 0.294. The van der Waals surface area contributed by atoms with Crippen LogP contribution in [0.15, 0.2) is 41.8 Å². The highest BCUT2D eigenvalue weighted by molar-refractivity contribution is 7.09. The molecule has 0 unspecified atom stereocenters. The Morgan fingerprint density at radius 1 is 1.11 bits per heavy atom. The number of aromatic nitrogens is 2. The first-order valence-corrected chi connectivity index (χ1v) is 6.49. The normalized spacial score (nSPS) is 10.7. The molecular formula is C13H12N4S. The van der Waals surface area contributed by atoms with E-state index in [1.165, 1.54) is 4.88 Å². The molecule has 4 nitrogen and oxygen atoms in total. The zero-order valence-corrected chi connectivity index (χ0v) is 10.4. The lowest BCUT2D eigenvalue weighted by molar-refractivity contribution is 1.13. The van der Waals surface area contributed by atoms with Crippen molar-refractivity contribution >= 4 is 34.0 Å². The smallest absolute Gasteiger partial charge is 0.222 e. The van der Waals surface area contributed by atoms with Crippen LogP contribution in [0, 0.1) is 0 Å². The van der Waals surface area contributed by atoms with Crippen molar-refractivity contribution in [3.05, 3.63) is 46.7 Å². The number of hydrogen-bond acceptors (Lipinski definition) is 5. The molecule has 3 N–H and O–H groups in total. The van der Waals surface area contributed by atoms with E-state index in [0.29, 0.717) is 5.95 Å². The van der Waals surface area contributed by atoms with Crippen LogP contribution < -0.4 is 11.1 Å². The number of nitrogens with one attached hydrogen (secondary N) is 1. The van der Waals surface area contributed by atoms with Gasteiger partial charge in [0.25, 0.3) is 0 Å². The third-order valence-corrected chi connectivity index (χ3v) is 3.51. The Kier molecular flexibility index (Phi) is 2.82. The summed E-state index contributed by atoms with van der Waals surface area (Å²) < 4.78 is 0. The molecule has 3 aromatic rings. The van der Waals surface area contributed by atoms with E-state index in [-0.39, 0.29) is 0 Å². The van der Waals surface area contributed by atoms with Crippen LogP contribution in [0.2, 0.25) is 0 Å². The van der Waals surface area contributed by atoms with Gasteiger partial charge in [-0.2, -0.15) is 4.98 Å². The van der Waals surface area contributed by atoms with Crippen LogP contribution in [0.5, 0.6) is 0 Å². The third-order valence-electron chi connectivity index (χ3n) is 2.63. The van der Waals surface area contributed by atoms with Gasteiger partial charge < -0.3 is 11.1 Å². The molecule has 0 radical (unpaired) electrons. The van der Waals surface area contributed by atoms with Crippen molar-refractivity contribution in [2.75, 3.05) is 11.1 Å². The highest BCUT2D eigenvalue weighted by Crippen LogP contribution is 2.21. The molecule has 2 heterocycles. The van der Waals surface area contributed by atoms with E-state index in [9.17, 15) is 0 Å². The fraction of sp³-hybridized carbons (Fsp3) is 0.0769. The van der Waals surface area contributed by atoms with Crippen molar-refractivity contribution in [2.45, 2.75) is 6.54 Å². The summed E-state index contributed by atoms with van der Waals surface area (Å²) in [5.74, 6) is 1.08. The summed E-state index contributed by atoms with van der Waals surface area (Å²) in [7, 11) is 0. The molecule has 0 amide bonds. The molecule has 3 rings (SSSR count). The van der Waals surface area contributed by atoms with Crippen molar-refractivity contribution in [2.24, 2.45) is 0 Å². The number of para-hydroxylation sites is 1. The second-order valence-corrected chi connectivity index (χ2v) is 4.91. The Hall–Kier alpha value is -2.14. The molecule has 0 saturated heterocycles. The summed E-state index contributed by atoms with van der Waals surface area (Å²) in [5.41, 5.74) is 6.57. The minimum Gasteiger partial charge on any atom is -0.368 e. The zero-order valence-electron chi connectivity index (χ0n) is 9.63. The van der Waals surface area contributed by atoms with Crippen LogP contribution in [0.4, 0.5) is 11.8 Å². The SMILES string of the molecule is Nc1nc(NCc2cccs2)c2ccccc2n1. The number of fused-ring (bicyclic) bond motifs is 1. The summed E-state index contributed by atoms with van der Waals surface area (Å²) in [5, 5.41) is 6.36. The molecule has 0 aliphatic carbocycles. The Morgan fingerprint density at radius 3 is 2.83 bits per heavy atom.